The van der Waals surface area contributed by atoms with Crippen molar-refractivity contribution in [2.24, 2.45) is 0 Å². The van der Waals surface area contributed by atoms with Gasteiger partial charge in [0.15, 0.2) is 0 Å². The van der Waals surface area contributed by atoms with Gasteiger partial charge in [0.05, 0.1) is 19.3 Å². The Morgan fingerprint density at radius 3 is 2.86 bits per heavy atom. The van der Waals surface area contributed by atoms with E-state index < -0.39 is 0 Å². The Balaban J connectivity index is 1.60. The van der Waals surface area contributed by atoms with Gasteiger partial charge in [0, 0.05) is 44.3 Å². The fraction of sp³-hybridized carbons (Fsp3) is 0.350. The SMILES string of the molecule is COc1ccccc1-n1cc([C@H](C)NC(=O)N(C)CCn2ccnc2C)cn1. The first-order valence-electron chi connectivity index (χ1n) is 9.17. The maximum absolute atomic E-state index is 12.5. The molecule has 0 saturated carbocycles. The molecule has 0 saturated heterocycles. The van der Waals surface area contributed by atoms with E-state index in [4.69, 9.17) is 4.74 Å². The second-order valence-electron chi connectivity index (χ2n) is 6.65. The van der Waals surface area contributed by atoms with Crippen molar-refractivity contribution in [2.75, 3.05) is 20.7 Å². The lowest BCUT2D eigenvalue weighted by Gasteiger charge is -2.21. The number of ether oxygens (including phenoxy) is 1. The summed E-state index contributed by atoms with van der Waals surface area (Å²) in [6, 6.07) is 7.37. The van der Waals surface area contributed by atoms with Gasteiger partial charge in [-0.15, -0.1) is 0 Å². The van der Waals surface area contributed by atoms with Crippen LogP contribution < -0.4 is 10.1 Å². The zero-order valence-corrected chi connectivity index (χ0v) is 16.7. The van der Waals surface area contributed by atoms with E-state index in [1.807, 2.05) is 55.1 Å². The van der Waals surface area contributed by atoms with Crippen LogP contribution in [0.25, 0.3) is 5.69 Å². The van der Waals surface area contributed by atoms with Crippen LogP contribution in [0, 0.1) is 6.92 Å². The van der Waals surface area contributed by atoms with Gasteiger partial charge in [0.2, 0.25) is 0 Å². The number of rotatable bonds is 7. The summed E-state index contributed by atoms with van der Waals surface area (Å²) in [5, 5.41) is 7.42. The number of likely N-dealkylation sites (N-methyl/N-ethyl adjacent to an activating group) is 1. The maximum Gasteiger partial charge on any atom is 0.317 e. The Morgan fingerprint density at radius 1 is 1.36 bits per heavy atom. The first kappa shape index (κ1) is 19.5. The lowest BCUT2D eigenvalue weighted by molar-refractivity contribution is 0.203. The summed E-state index contributed by atoms with van der Waals surface area (Å²) in [5.74, 6) is 1.68. The number of carbonyl (C=O) groups is 1. The number of carbonyl (C=O) groups excluding carboxylic acids is 1. The zero-order chi connectivity index (χ0) is 20.1. The smallest absolute Gasteiger partial charge is 0.317 e. The lowest BCUT2D eigenvalue weighted by Crippen LogP contribution is -2.40. The standard InChI is InChI=1S/C20H26N6O2/c1-15(23-20(27)24(3)11-12-25-10-9-21-16(25)2)17-13-22-26(14-17)18-7-5-6-8-19(18)28-4/h5-10,13-15H,11-12H2,1-4H3,(H,23,27)/t15-/m0/s1. The van der Waals surface area contributed by atoms with Crippen LogP contribution >= 0.6 is 0 Å². The molecule has 0 bridgehead atoms. The number of hydrogen-bond acceptors (Lipinski definition) is 4. The molecule has 3 aromatic rings. The minimum Gasteiger partial charge on any atom is -0.494 e. The van der Waals surface area contributed by atoms with Crippen LogP contribution in [0.3, 0.4) is 0 Å². The van der Waals surface area contributed by atoms with Crippen LogP contribution in [0.1, 0.15) is 24.4 Å². The Morgan fingerprint density at radius 2 is 2.14 bits per heavy atom. The average Bonchev–Trinajstić information content (AvgIpc) is 3.35. The first-order valence-corrected chi connectivity index (χ1v) is 9.17. The number of para-hydroxylation sites is 2. The van der Waals surface area contributed by atoms with Crippen molar-refractivity contribution < 1.29 is 9.53 Å². The normalized spacial score (nSPS) is 11.9. The van der Waals surface area contributed by atoms with Crippen molar-refractivity contribution in [3.63, 3.8) is 0 Å². The van der Waals surface area contributed by atoms with Crippen molar-refractivity contribution in [1.82, 2.24) is 29.5 Å². The maximum atomic E-state index is 12.5. The third kappa shape index (κ3) is 4.33. The molecule has 2 amide bonds. The molecule has 0 radical (unpaired) electrons. The number of imidazole rings is 1. The molecule has 1 N–H and O–H groups in total. The molecule has 0 aliphatic carbocycles. The molecule has 3 rings (SSSR count). The van der Waals surface area contributed by atoms with Crippen LogP contribution in [-0.2, 0) is 6.54 Å². The molecule has 0 aliphatic rings. The fourth-order valence-corrected chi connectivity index (χ4v) is 2.89. The van der Waals surface area contributed by atoms with Gasteiger partial charge in [-0.25, -0.2) is 14.5 Å². The van der Waals surface area contributed by atoms with Crippen molar-refractivity contribution in [3.05, 3.63) is 60.4 Å². The number of hydrogen-bond donors (Lipinski definition) is 1. The molecule has 28 heavy (non-hydrogen) atoms. The highest BCUT2D eigenvalue weighted by atomic mass is 16.5. The molecule has 0 unspecified atom stereocenters. The van der Waals surface area contributed by atoms with Gasteiger partial charge in [-0.3, -0.25) is 0 Å². The number of nitrogens with zero attached hydrogens (tertiary/aromatic N) is 5. The average molecular weight is 382 g/mol. The highest BCUT2D eigenvalue weighted by Gasteiger charge is 2.16. The van der Waals surface area contributed by atoms with Crippen molar-refractivity contribution >= 4 is 6.03 Å². The zero-order valence-electron chi connectivity index (χ0n) is 16.7. The molecular formula is C20H26N6O2. The Bertz CT molecular complexity index is 932. The summed E-state index contributed by atoms with van der Waals surface area (Å²) in [7, 11) is 3.42. The van der Waals surface area contributed by atoms with Crippen LogP contribution in [0.15, 0.2) is 49.1 Å². The predicted octanol–water partition coefficient (Wildman–Crippen LogP) is 2.79. The largest absolute Gasteiger partial charge is 0.494 e. The fourth-order valence-electron chi connectivity index (χ4n) is 2.89. The quantitative estimate of drug-likeness (QED) is 0.682. The van der Waals surface area contributed by atoms with Crippen LogP contribution in [-0.4, -0.2) is 51.0 Å². The summed E-state index contributed by atoms with van der Waals surface area (Å²) in [6.45, 7) is 5.18. The Hall–Kier alpha value is -3.29. The van der Waals surface area contributed by atoms with Gasteiger partial charge in [-0.1, -0.05) is 12.1 Å². The van der Waals surface area contributed by atoms with Gasteiger partial charge >= 0.3 is 6.03 Å². The van der Waals surface area contributed by atoms with Crippen molar-refractivity contribution in [3.8, 4) is 11.4 Å². The molecule has 0 aliphatic heterocycles. The molecule has 1 aromatic carbocycles. The highest BCUT2D eigenvalue weighted by Crippen LogP contribution is 2.23. The van der Waals surface area contributed by atoms with E-state index in [0.29, 0.717) is 13.1 Å². The molecule has 148 valence electrons. The van der Waals surface area contributed by atoms with Crippen molar-refractivity contribution in [2.45, 2.75) is 26.4 Å². The Kier molecular flexibility index (Phi) is 5.98. The lowest BCUT2D eigenvalue weighted by atomic mass is 10.2. The van der Waals surface area contributed by atoms with Gasteiger partial charge in [-0.05, 0) is 26.0 Å². The highest BCUT2D eigenvalue weighted by molar-refractivity contribution is 5.74. The van der Waals surface area contributed by atoms with Gasteiger partial charge in [-0.2, -0.15) is 5.10 Å². The molecule has 2 aromatic heterocycles. The number of urea groups is 1. The predicted molar refractivity (Wildman–Crippen MR) is 107 cm³/mol. The van der Waals surface area contributed by atoms with E-state index in [1.165, 1.54) is 0 Å². The third-order valence-corrected chi connectivity index (χ3v) is 4.72. The van der Waals surface area contributed by atoms with E-state index in [0.717, 1.165) is 22.8 Å². The second-order valence-corrected chi connectivity index (χ2v) is 6.65. The van der Waals surface area contributed by atoms with E-state index in [1.54, 1.807) is 36.1 Å². The second kappa shape index (κ2) is 8.60. The molecule has 2 heterocycles. The molecule has 8 nitrogen and oxygen atoms in total. The molecule has 0 fully saturated rings. The monoisotopic (exact) mass is 382 g/mol. The summed E-state index contributed by atoms with van der Waals surface area (Å²) in [4.78, 5) is 18.4. The summed E-state index contributed by atoms with van der Waals surface area (Å²) >= 11 is 0. The number of methoxy groups -OCH3 is 1. The van der Waals surface area contributed by atoms with Crippen molar-refractivity contribution in [1.29, 1.82) is 0 Å². The first-order chi connectivity index (χ1) is 13.5. The van der Waals surface area contributed by atoms with Crippen LogP contribution in [0.5, 0.6) is 5.75 Å². The minimum atomic E-state index is -0.173. The number of amides is 2. The molecule has 0 spiro atoms. The van der Waals surface area contributed by atoms with Gasteiger partial charge in [0.25, 0.3) is 0 Å². The summed E-state index contributed by atoms with van der Waals surface area (Å²) in [5.41, 5.74) is 1.76. The molecule has 8 heteroatoms. The third-order valence-electron chi connectivity index (χ3n) is 4.72. The number of nitrogens with one attached hydrogen (secondary N) is 1. The summed E-state index contributed by atoms with van der Waals surface area (Å²) < 4.78 is 9.16. The molecule has 1 atom stereocenters. The number of aryl methyl sites for hydroxylation is 1. The van der Waals surface area contributed by atoms with Crippen LogP contribution in [0.2, 0.25) is 0 Å². The van der Waals surface area contributed by atoms with Gasteiger partial charge in [0.1, 0.15) is 17.3 Å². The number of aromatic nitrogens is 4. The van der Waals surface area contributed by atoms with E-state index in [2.05, 4.69) is 15.4 Å². The summed E-state index contributed by atoms with van der Waals surface area (Å²) in [6.07, 6.45) is 7.33. The minimum absolute atomic E-state index is 0.129. The number of benzene rings is 1. The Labute approximate surface area is 164 Å². The van der Waals surface area contributed by atoms with E-state index >= 15 is 0 Å². The van der Waals surface area contributed by atoms with Gasteiger partial charge < -0.3 is 19.5 Å². The molecular weight excluding hydrogens is 356 g/mol. The van der Waals surface area contributed by atoms with E-state index in [9.17, 15) is 4.79 Å². The van der Waals surface area contributed by atoms with E-state index in [-0.39, 0.29) is 12.1 Å². The van der Waals surface area contributed by atoms with Crippen LogP contribution in [0.4, 0.5) is 4.79 Å². The topological polar surface area (TPSA) is 77.2 Å².